The van der Waals surface area contributed by atoms with Crippen LogP contribution >= 0.6 is 9.39 Å². The lowest BCUT2D eigenvalue weighted by Gasteiger charge is -2.32. The first-order valence-corrected chi connectivity index (χ1v) is 14.5. The molecule has 0 bridgehead atoms. The van der Waals surface area contributed by atoms with Crippen molar-refractivity contribution in [3.05, 3.63) is 23.8 Å². The molecule has 39 heavy (non-hydrogen) atoms. The molecule has 1 rings (SSSR count). The molecule has 0 fully saturated rings. The largest absolute Gasteiger partial charge is 0.493 e. The third kappa shape index (κ3) is 11.6. The second-order valence-corrected chi connectivity index (χ2v) is 12.1. The van der Waals surface area contributed by atoms with E-state index < -0.39 is 23.3 Å². The van der Waals surface area contributed by atoms with Gasteiger partial charge in [-0.15, -0.1) is 0 Å². The minimum absolute atomic E-state index is 0.00551. The molecule has 0 saturated heterocycles. The summed E-state index contributed by atoms with van der Waals surface area (Å²) in [6.07, 6.45) is 1.57. The van der Waals surface area contributed by atoms with Crippen molar-refractivity contribution in [2.75, 3.05) is 26.9 Å². The van der Waals surface area contributed by atoms with Gasteiger partial charge >= 0.3 is 0 Å². The van der Waals surface area contributed by atoms with Gasteiger partial charge in [-0.3, -0.25) is 14.7 Å². The zero-order valence-electron chi connectivity index (χ0n) is 24.8. The van der Waals surface area contributed by atoms with E-state index in [1.807, 2.05) is 32.0 Å². The molecule has 0 aromatic heterocycles. The van der Waals surface area contributed by atoms with Gasteiger partial charge in [0.1, 0.15) is 0 Å². The van der Waals surface area contributed by atoms with Gasteiger partial charge in [0.05, 0.1) is 25.2 Å². The number of carbonyl (C=O) groups excluding carboxylic acids is 2. The monoisotopic (exact) mass is 569 g/mol. The van der Waals surface area contributed by atoms with Crippen LogP contribution in [0.3, 0.4) is 0 Å². The van der Waals surface area contributed by atoms with Crippen LogP contribution in [0, 0.1) is 29.1 Å². The highest BCUT2D eigenvalue weighted by molar-refractivity contribution is 7.13. The molecular formula is C29H52N3O6P. The van der Waals surface area contributed by atoms with Crippen molar-refractivity contribution in [3.8, 4) is 11.5 Å². The number of benzene rings is 1. The predicted molar refractivity (Wildman–Crippen MR) is 158 cm³/mol. The van der Waals surface area contributed by atoms with E-state index in [2.05, 4.69) is 33.6 Å². The van der Waals surface area contributed by atoms with Gasteiger partial charge < -0.3 is 30.7 Å². The Morgan fingerprint density at radius 3 is 2.28 bits per heavy atom. The maximum absolute atomic E-state index is 13.0. The van der Waals surface area contributed by atoms with Crippen molar-refractivity contribution in [1.82, 2.24) is 10.4 Å². The van der Waals surface area contributed by atoms with E-state index >= 15 is 0 Å². The van der Waals surface area contributed by atoms with Crippen LogP contribution in [0.25, 0.3) is 0 Å². The highest BCUT2D eigenvalue weighted by Crippen LogP contribution is 2.32. The molecule has 1 unspecified atom stereocenters. The van der Waals surface area contributed by atoms with E-state index in [0.717, 1.165) is 12.0 Å². The third-order valence-electron chi connectivity index (χ3n) is 7.47. The maximum atomic E-state index is 13.0. The number of aliphatic hydroxyl groups excluding tert-OH is 2. The summed E-state index contributed by atoms with van der Waals surface area (Å²) in [6, 6.07) is 5.67. The Kier molecular flexibility index (Phi) is 15.3. The fourth-order valence-corrected chi connectivity index (χ4v) is 4.75. The smallest absolute Gasteiger partial charge is 0.224 e. The Morgan fingerprint density at radius 2 is 1.77 bits per heavy atom. The minimum atomic E-state index is -0.852. The molecule has 0 aliphatic heterocycles. The summed E-state index contributed by atoms with van der Waals surface area (Å²) >= 11 is 0. The van der Waals surface area contributed by atoms with Crippen molar-refractivity contribution < 1.29 is 29.3 Å². The standard InChI is InChI=1S/C29H52N3O6P/c1-18(2)21(13-20-9-10-25(37-7)26(14-20)38-12-8-11-33)15-23(32-39)24(34)16-22(19(3)4)27(35)31-17-29(5,6)28(30)36/h9-10,14,18-19,21-24,32-34H,8,11-13,15-17,39H2,1-7H3,(H2,30,36)(H,31,35)/t21-,22-,23-,24-/m0/s1. The lowest BCUT2D eigenvalue weighted by atomic mass is 9.80. The van der Waals surface area contributed by atoms with Crippen molar-refractivity contribution >= 4 is 21.2 Å². The summed E-state index contributed by atoms with van der Waals surface area (Å²) in [5.74, 6) is 0.822. The summed E-state index contributed by atoms with van der Waals surface area (Å²) in [4.78, 5) is 24.7. The van der Waals surface area contributed by atoms with Gasteiger partial charge in [0.2, 0.25) is 11.8 Å². The van der Waals surface area contributed by atoms with Crippen molar-refractivity contribution in [2.45, 2.75) is 79.4 Å². The Labute approximate surface area is 237 Å². The number of ether oxygens (including phenoxy) is 2. The molecule has 224 valence electrons. The number of carbonyl (C=O) groups is 2. The molecule has 0 heterocycles. The zero-order chi connectivity index (χ0) is 29.8. The van der Waals surface area contributed by atoms with Crippen LogP contribution in [0.4, 0.5) is 0 Å². The van der Waals surface area contributed by atoms with Crippen molar-refractivity contribution in [3.63, 3.8) is 0 Å². The first-order valence-electron chi connectivity index (χ1n) is 13.9. The number of methoxy groups -OCH3 is 1. The number of nitrogens with two attached hydrogens (primary N) is 1. The highest BCUT2D eigenvalue weighted by Gasteiger charge is 2.32. The number of rotatable bonds is 19. The number of hydrogen-bond acceptors (Lipinski definition) is 7. The molecule has 6 N–H and O–H groups in total. The summed E-state index contributed by atoms with van der Waals surface area (Å²) in [6.45, 7) is 12.3. The lowest BCUT2D eigenvalue weighted by Crippen LogP contribution is -2.46. The van der Waals surface area contributed by atoms with Crippen LogP contribution in [-0.4, -0.2) is 61.0 Å². The molecule has 0 aliphatic carbocycles. The van der Waals surface area contributed by atoms with Crippen LogP contribution in [0.2, 0.25) is 0 Å². The molecule has 0 aliphatic rings. The first kappa shape index (κ1) is 35.1. The van der Waals surface area contributed by atoms with Gasteiger partial charge in [0, 0.05) is 31.5 Å². The normalized spacial score (nSPS) is 15.1. The third-order valence-corrected chi connectivity index (χ3v) is 7.90. The van der Waals surface area contributed by atoms with E-state index in [1.165, 1.54) is 0 Å². The molecule has 10 heteroatoms. The average molecular weight is 570 g/mol. The van der Waals surface area contributed by atoms with Gasteiger partial charge in [0.25, 0.3) is 0 Å². The lowest BCUT2D eigenvalue weighted by molar-refractivity contribution is -0.130. The predicted octanol–water partition coefficient (Wildman–Crippen LogP) is 3.06. The van der Waals surface area contributed by atoms with Crippen molar-refractivity contribution in [1.29, 1.82) is 0 Å². The maximum Gasteiger partial charge on any atom is 0.224 e. The summed E-state index contributed by atoms with van der Waals surface area (Å²) in [5.41, 5.74) is 5.69. The fourth-order valence-electron chi connectivity index (χ4n) is 4.40. The fraction of sp³-hybridized carbons (Fsp3) is 0.724. The summed E-state index contributed by atoms with van der Waals surface area (Å²) in [7, 11) is 4.12. The van der Waals surface area contributed by atoms with Crippen molar-refractivity contribution in [2.24, 2.45) is 34.8 Å². The van der Waals surface area contributed by atoms with Gasteiger partial charge in [-0.25, -0.2) is 0 Å². The Hall–Kier alpha value is -1.93. The second kappa shape index (κ2) is 17.0. The van der Waals surface area contributed by atoms with Crippen LogP contribution in [-0.2, 0) is 16.0 Å². The van der Waals surface area contributed by atoms with E-state index in [9.17, 15) is 14.7 Å². The summed E-state index contributed by atoms with van der Waals surface area (Å²) < 4.78 is 11.3. The molecule has 0 spiro atoms. The summed E-state index contributed by atoms with van der Waals surface area (Å²) in [5, 5.41) is 26.4. The van der Waals surface area contributed by atoms with E-state index in [-0.39, 0.29) is 36.9 Å². The number of hydrogen-bond donors (Lipinski definition) is 5. The van der Waals surface area contributed by atoms with Gasteiger partial charge in [-0.2, -0.15) is 0 Å². The van der Waals surface area contributed by atoms with Crippen LogP contribution in [0.5, 0.6) is 11.5 Å². The highest BCUT2D eigenvalue weighted by atomic mass is 31.0. The van der Waals surface area contributed by atoms with E-state index in [1.54, 1.807) is 21.0 Å². The minimum Gasteiger partial charge on any atom is -0.493 e. The molecule has 9 nitrogen and oxygen atoms in total. The molecular weight excluding hydrogens is 517 g/mol. The quantitative estimate of drug-likeness (QED) is 0.127. The van der Waals surface area contributed by atoms with Gasteiger partial charge in [-0.05, 0) is 68.6 Å². The van der Waals surface area contributed by atoms with Crippen LogP contribution in [0.1, 0.15) is 66.4 Å². The van der Waals surface area contributed by atoms with Crippen LogP contribution in [0.15, 0.2) is 18.2 Å². The first-order chi connectivity index (χ1) is 18.3. The molecule has 0 radical (unpaired) electrons. The Morgan fingerprint density at radius 1 is 1.10 bits per heavy atom. The van der Waals surface area contributed by atoms with E-state index in [0.29, 0.717) is 43.3 Å². The zero-order valence-corrected chi connectivity index (χ0v) is 26.0. The number of aliphatic hydroxyl groups is 2. The molecule has 1 aromatic rings. The van der Waals surface area contributed by atoms with Crippen LogP contribution < -0.4 is 25.6 Å². The van der Waals surface area contributed by atoms with Gasteiger partial charge in [-0.1, -0.05) is 43.2 Å². The molecule has 5 atom stereocenters. The SMILES string of the molecule is COc1ccc(C[C@@H](C[C@H](NP)[C@@H](O)C[C@H](C(=O)NCC(C)(C)C(N)=O)C(C)C)C(C)C)cc1OCCCO. The Bertz CT molecular complexity index is 896. The molecule has 0 saturated carbocycles. The van der Waals surface area contributed by atoms with Gasteiger partial charge in [0.15, 0.2) is 11.5 Å². The molecule has 2 amide bonds. The second-order valence-electron chi connectivity index (χ2n) is 11.7. The topological polar surface area (TPSA) is 143 Å². The Balaban J connectivity index is 2.96. The average Bonchev–Trinajstić information content (AvgIpc) is 2.87. The number of primary amides is 1. The molecule has 1 aromatic carbocycles. The van der Waals surface area contributed by atoms with E-state index in [4.69, 9.17) is 20.3 Å². The number of nitrogens with one attached hydrogen (secondary N) is 2. The number of amides is 2.